The molecule has 0 heterocycles. The van der Waals surface area contributed by atoms with E-state index in [0.29, 0.717) is 0 Å². The van der Waals surface area contributed by atoms with E-state index >= 15 is 0 Å². The van der Waals surface area contributed by atoms with Crippen LogP contribution >= 0.6 is 0 Å². The van der Waals surface area contributed by atoms with Crippen molar-refractivity contribution in [2.24, 2.45) is 11.8 Å². The highest BCUT2D eigenvalue weighted by atomic mass is 16.3. The molecule has 2 aliphatic carbocycles. The molecule has 24 heavy (non-hydrogen) atoms. The van der Waals surface area contributed by atoms with Crippen molar-refractivity contribution in [2.45, 2.75) is 12.2 Å². The number of fused-ring (bicyclic) bond motifs is 4. The number of hydrogen-bond donors (Lipinski definition) is 2. The molecule has 4 unspecified atom stereocenters. The third-order valence-corrected chi connectivity index (χ3v) is 5.50. The molecule has 2 aliphatic rings. The fourth-order valence-corrected chi connectivity index (χ4v) is 4.26. The summed E-state index contributed by atoms with van der Waals surface area (Å²) in [5, 5.41) is 26.5. The standard InChI is InChI=1S/C22H18O2/c23-21-17-9-13-5-1-2-6-14(13)10-18(17)22(24)20-12-16-8-4-3-7-15(16)11-19(20)21/h1-12,17-18,21-24H. The molecule has 0 spiro atoms. The van der Waals surface area contributed by atoms with Gasteiger partial charge in [0, 0.05) is 11.8 Å². The Bertz CT molecular complexity index is 981. The van der Waals surface area contributed by atoms with Gasteiger partial charge in [0.1, 0.15) is 0 Å². The van der Waals surface area contributed by atoms with Gasteiger partial charge in [0.25, 0.3) is 0 Å². The second kappa shape index (κ2) is 5.04. The minimum Gasteiger partial charge on any atom is -0.388 e. The summed E-state index contributed by atoms with van der Waals surface area (Å²) in [7, 11) is 0. The molecular weight excluding hydrogens is 296 g/mol. The lowest BCUT2D eigenvalue weighted by atomic mass is 9.69. The normalized spacial score (nSPS) is 27.4. The van der Waals surface area contributed by atoms with Gasteiger partial charge in [-0.3, -0.25) is 0 Å². The largest absolute Gasteiger partial charge is 0.388 e. The van der Waals surface area contributed by atoms with Crippen LogP contribution in [0.3, 0.4) is 0 Å². The average Bonchev–Trinajstić information content (AvgIpc) is 2.64. The molecule has 3 aromatic carbocycles. The van der Waals surface area contributed by atoms with Crippen molar-refractivity contribution in [3.8, 4) is 0 Å². The van der Waals surface area contributed by atoms with Gasteiger partial charge < -0.3 is 10.2 Å². The fourth-order valence-electron chi connectivity index (χ4n) is 4.26. The Hall–Kier alpha value is -2.42. The van der Waals surface area contributed by atoms with Crippen molar-refractivity contribution in [2.75, 3.05) is 0 Å². The molecule has 2 nitrogen and oxygen atoms in total. The quantitative estimate of drug-likeness (QED) is 0.669. The average molecular weight is 314 g/mol. The Kier molecular flexibility index (Phi) is 2.93. The van der Waals surface area contributed by atoms with Crippen LogP contribution in [0.1, 0.15) is 23.3 Å². The minimum atomic E-state index is -0.595. The Morgan fingerprint density at radius 3 is 1.46 bits per heavy atom. The van der Waals surface area contributed by atoms with Crippen LogP contribution in [-0.4, -0.2) is 10.2 Å². The maximum absolute atomic E-state index is 11.0. The van der Waals surface area contributed by atoms with Gasteiger partial charge in [0.15, 0.2) is 0 Å². The molecule has 2 N–H and O–H groups in total. The van der Waals surface area contributed by atoms with Crippen molar-refractivity contribution >= 4 is 22.9 Å². The fraction of sp³-hybridized carbons (Fsp3) is 0.182. The van der Waals surface area contributed by atoms with Crippen molar-refractivity contribution in [1.82, 2.24) is 0 Å². The minimum absolute atomic E-state index is 0.0939. The van der Waals surface area contributed by atoms with Gasteiger partial charge in [-0.25, -0.2) is 0 Å². The highest BCUT2D eigenvalue weighted by Gasteiger charge is 2.40. The van der Waals surface area contributed by atoms with Gasteiger partial charge in [0.05, 0.1) is 12.2 Å². The van der Waals surface area contributed by atoms with Crippen LogP contribution in [-0.2, 0) is 0 Å². The van der Waals surface area contributed by atoms with E-state index in [-0.39, 0.29) is 11.8 Å². The monoisotopic (exact) mass is 314 g/mol. The van der Waals surface area contributed by atoms with E-state index in [9.17, 15) is 10.2 Å². The van der Waals surface area contributed by atoms with E-state index in [1.165, 1.54) is 0 Å². The van der Waals surface area contributed by atoms with Gasteiger partial charge >= 0.3 is 0 Å². The second-order valence-electron chi connectivity index (χ2n) is 6.83. The van der Waals surface area contributed by atoms with E-state index in [1.54, 1.807) is 0 Å². The molecule has 0 aliphatic heterocycles. The molecule has 0 saturated carbocycles. The lowest BCUT2D eigenvalue weighted by Gasteiger charge is -2.39. The van der Waals surface area contributed by atoms with E-state index in [2.05, 4.69) is 24.3 Å². The molecule has 0 aromatic heterocycles. The Morgan fingerprint density at radius 2 is 1.00 bits per heavy atom. The lowest BCUT2D eigenvalue weighted by molar-refractivity contribution is 0.0359. The SMILES string of the molecule is OC1c2cc3ccccc3cc2C(O)C2C=c3ccccc3=CC12. The summed E-state index contributed by atoms with van der Waals surface area (Å²) in [5.74, 6) is -0.188. The van der Waals surface area contributed by atoms with Crippen LogP contribution in [0.15, 0.2) is 60.7 Å². The molecule has 0 bridgehead atoms. The van der Waals surface area contributed by atoms with Gasteiger partial charge in [-0.05, 0) is 44.5 Å². The van der Waals surface area contributed by atoms with E-state index in [0.717, 1.165) is 32.3 Å². The first-order valence-corrected chi connectivity index (χ1v) is 8.40. The van der Waals surface area contributed by atoms with Crippen LogP contribution in [0.2, 0.25) is 0 Å². The Labute approximate surface area is 140 Å². The highest BCUT2D eigenvalue weighted by Crippen LogP contribution is 2.47. The summed E-state index contributed by atoms with van der Waals surface area (Å²) in [6, 6.07) is 20.3. The topological polar surface area (TPSA) is 40.5 Å². The van der Waals surface area contributed by atoms with Crippen LogP contribution < -0.4 is 10.4 Å². The smallest absolute Gasteiger partial charge is 0.0863 e. The summed E-state index contributed by atoms with van der Waals surface area (Å²) in [5.41, 5.74) is 1.71. The van der Waals surface area contributed by atoms with Crippen molar-refractivity contribution in [3.05, 3.63) is 82.2 Å². The first kappa shape index (κ1) is 14.0. The maximum Gasteiger partial charge on any atom is 0.0863 e. The number of aliphatic hydroxyl groups is 2. The van der Waals surface area contributed by atoms with E-state index in [4.69, 9.17) is 0 Å². The molecule has 5 rings (SSSR count). The molecular formula is C22H18O2. The van der Waals surface area contributed by atoms with Crippen molar-refractivity contribution in [3.63, 3.8) is 0 Å². The third-order valence-electron chi connectivity index (χ3n) is 5.50. The van der Waals surface area contributed by atoms with Crippen LogP contribution in [0.5, 0.6) is 0 Å². The lowest BCUT2D eigenvalue weighted by Crippen LogP contribution is -2.39. The predicted octanol–water partition coefficient (Wildman–Crippen LogP) is 2.43. The first-order valence-electron chi connectivity index (χ1n) is 8.40. The molecule has 0 radical (unpaired) electrons. The predicted molar refractivity (Wildman–Crippen MR) is 95.5 cm³/mol. The van der Waals surface area contributed by atoms with E-state index < -0.39 is 12.2 Å². The number of hydrogen-bond acceptors (Lipinski definition) is 2. The zero-order valence-electron chi connectivity index (χ0n) is 13.1. The first-order chi connectivity index (χ1) is 11.7. The molecule has 2 heteroatoms. The summed E-state index contributed by atoms with van der Waals surface area (Å²) in [4.78, 5) is 0. The molecule has 0 amide bonds. The van der Waals surface area contributed by atoms with Crippen LogP contribution in [0, 0.1) is 11.8 Å². The van der Waals surface area contributed by atoms with Crippen LogP contribution in [0.4, 0.5) is 0 Å². The Morgan fingerprint density at radius 1 is 0.583 bits per heavy atom. The van der Waals surface area contributed by atoms with E-state index in [1.807, 2.05) is 48.5 Å². The van der Waals surface area contributed by atoms with Gasteiger partial charge in [0.2, 0.25) is 0 Å². The Balaban J connectivity index is 1.75. The molecule has 0 fully saturated rings. The number of rotatable bonds is 0. The van der Waals surface area contributed by atoms with Gasteiger partial charge in [-0.15, -0.1) is 0 Å². The maximum atomic E-state index is 11.0. The summed E-state index contributed by atoms with van der Waals surface area (Å²) in [6.07, 6.45) is 3.04. The number of benzene rings is 3. The van der Waals surface area contributed by atoms with Gasteiger partial charge in [-0.2, -0.15) is 0 Å². The molecule has 4 atom stereocenters. The molecule has 0 saturated heterocycles. The molecule has 118 valence electrons. The zero-order chi connectivity index (χ0) is 16.3. The summed E-state index contributed by atoms with van der Waals surface area (Å²) >= 11 is 0. The second-order valence-corrected chi connectivity index (χ2v) is 6.83. The zero-order valence-corrected chi connectivity index (χ0v) is 13.1. The van der Waals surface area contributed by atoms with Crippen molar-refractivity contribution < 1.29 is 10.2 Å². The summed E-state index contributed by atoms with van der Waals surface area (Å²) < 4.78 is 0. The van der Waals surface area contributed by atoms with Gasteiger partial charge in [-0.1, -0.05) is 60.7 Å². The van der Waals surface area contributed by atoms with Crippen LogP contribution in [0.25, 0.3) is 22.9 Å². The molecule has 3 aromatic rings. The number of aliphatic hydroxyl groups excluding tert-OH is 2. The summed E-state index contributed by atoms with van der Waals surface area (Å²) in [6.45, 7) is 0. The third kappa shape index (κ3) is 1.90. The van der Waals surface area contributed by atoms with Crippen molar-refractivity contribution in [1.29, 1.82) is 0 Å². The highest BCUT2D eigenvalue weighted by molar-refractivity contribution is 5.84.